The molecule has 3 heteroatoms. The molecule has 20 heavy (non-hydrogen) atoms. The van der Waals surface area contributed by atoms with Crippen molar-refractivity contribution in [2.75, 3.05) is 0 Å². The number of rotatable bonds is 1. The third kappa shape index (κ3) is 1.12. The standard InChI is InChI=1S/C17H9NO2/c1-3-10-7-11(14-5-2-6-19-14)8-13-15(10)12(4-1)17-16(13)18-9-20-17/h1-9H. The van der Waals surface area contributed by atoms with Gasteiger partial charge in [-0.1, -0.05) is 18.2 Å². The van der Waals surface area contributed by atoms with Crippen LogP contribution in [-0.4, -0.2) is 4.98 Å². The van der Waals surface area contributed by atoms with Crippen molar-refractivity contribution in [2.24, 2.45) is 0 Å². The van der Waals surface area contributed by atoms with Gasteiger partial charge in [-0.15, -0.1) is 0 Å². The van der Waals surface area contributed by atoms with E-state index in [0.29, 0.717) is 0 Å². The third-order valence-electron chi connectivity index (χ3n) is 3.85. The first-order chi connectivity index (χ1) is 9.92. The summed E-state index contributed by atoms with van der Waals surface area (Å²) in [6, 6.07) is 14.4. The first-order valence-electron chi connectivity index (χ1n) is 6.47. The lowest BCUT2D eigenvalue weighted by atomic mass is 10.00. The van der Waals surface area contributed by atoms with Gasteiger partial charge in [0.25, 0.3) is 0 Å². The predicted octanol–water partition coefficient (Wildman–Crippen LogP) is 4.74. The lowest BCUT2D eigenvalue weighted by Crippen LogP contribution is -1.81. The van der Waals surface area contributed by atoms with Gasteiger partial charge < -0.3 is 8.83 Å². The van der Waals surface area contributed by atoms with Gasteiger partial charge in [0.1, 0.15) is 11.5 Å². The Morgan fingerprint density at radius 3 is 2.80 bits per heavy atom. The van der Waals surface area contributed by atoms with Gasteiger partial charge in [-0.3, -0.25) is 0 Å². The molecule has 0 spiro atoms. The van der Waals surface area contributed by atoms with Crippen LogP contribution in [0.3, 0.4) is 0 Å². The van der Waals surface area contributed by atoms with Crippen LogP contribution >= 0.6 is 0 Å². The summed E-state index contributed by atoms with van der Waals surface area (Å²) >= 11 is 0. The summed E-state index contributed by atoms with van der Waals surface area (Å²) < 4.78 is 11.1. The van der Waals surface area contributed by atoms with Gasteiger partial charge in [0.2, 0.25) is 0 Å². The first-order valence-corrected chi connectivity index (χ1v) is 6.47. The highest BCUT2D eigenvalue weighted by Gasteiger charge is 2.26. The summed E-state index contributed by atoms with van der Waals surface area (Å²) in [5, 5.41) is 2.39. The number of fused-ring (bicyclic) bond motifs is 3. The minimum atomic E-state index is 0.863. The Bertz CT molecular complexity index is 948. The lowest BCUT2D eigenvalue weighted by Gasteiger charge is -2.05. The van der Waals surface area contributed by atoms with Crippen LogP contribution in [0.2, 0.25) is 0 Å². The smallest absolute Gasteiger partial charge is 0.182 e. The fourth-order valence-electron chi connectivity index (χ4n) is 3.02. The van der Waals surface area contributed by atoms with E-state index in [1.54, 1.807) is 6.26 Å². The molecule has 0 saturated carbocycles. The van der Waals surface area contributed by atoms with E-state index in [-0.39, 0.29) is 0 Å². The Morgan fingerprint density at radius 2 is 1.90 bits per heavy atom. The fraction of sp³-hybridized carbons (Fsp3) is 0. The Hall–Kier alpha value is -2.81. The zero-order chi connectivity index (χ0) is 13.1. The summed E-state index contributed by atoms with van der Waals surface area (Å²) in [6.07, 6.45) is 3.20. The van der Waals surface area contributed by atoms with E-state index in [2.05, 4.69) is 29.2 Å². The molecule has 1 aliphatic rings. The lowest BCUT2D eigenvalue weighted by molar-refractivity contribution is 0.573. The first kappa shape index (κ1) is 10.0. The molecule has 5 rings (SSSR count). The molecule has 0 saturated heterocycles. The van der Waals surface area contributed by atoms with Gasteiger partial charge in [-0.25, -0.2) is 4.98 Å². The maximum Gasteiger partial charge on any atom is 0.182 e. The molecule has 0 unspecified atom stereocenters. The molecule has 0 aliphatic heterocycles. The molecule has 0 bridgehead atoms. The average Bonchev–Trinajstić information content (AvgIpc) is 3.18. The molecule has 3 nitrogen and oxygen atoms in total. The average molecular weight is 259 g/mol. The van der Waals surface area contributed by atoms with Gasteiger partial charge in [0.05, 0.1) is 6.26 Å². The van der Waals surface area contributed by atoms with Crippen molar-refractivity contribution < 1.29 is 8.83 Å². The molecule has 0 N–H and O–H groups in total. The van der Waals surface area contributed by atoms with E-state index in [4.69, 9.17) is 8.83 Å². The second-order valence-corrected chi connectivity index (χ2v) is 4.93. The van der Waals surface area contributed by atoms with Crippen molar-refractivity contribution in [1.29, 1.82) is 0 Å². The molecular weight excluding hydrogens is 250 g/mol. The zero-order valence-corrected chi connectivity index (χ0v) is 10.5. The number of furan rings is 1. The molecule has 94 valence electrons. The van der Waals surface area contributed by atoms with Gasteiger partial charge in [-0.05, 0) is 29.7 Å². The molecule has 2 heterocycles. The van der Waals surface area contributed by atoms with Gasteiger partial charge >= 0.3 is 0 Å². The second kappa shape index (κ2) is 3.39. The molecule has 0 radical (unpaired) electrons. The largest absolute Gasteiger partial charge is 0.464 e. The van der Waals surface area contributed by atoms with Crippen molar-refractivity contribution in [1.82, 2.24) is 4.98 Å². The van der Waals surface area contributed by atoms with Crippen LogP contribution in [0.4, 0.5) is 0 Å². The van der Waals surface area contributed by atoms with Crippen LogP contribution < -0.4 is 0 Å². The molecular formula is C17H9NO2. The topological polar surface area (TPSA) is 39.2 Å². The highest BCUT2D eigenvalue weighted by Crippen LogP contribution is 2.47. The van der Waals surface area contributed by atoms with Crippen LogP contribution in [-0.2, 0) is 0 Å². The monoisotopic (exact) mass is 259 g/mol. The van der Waals surface area contributed by atoms with Crippen LogP contribution in [0.1, 0.15) is 0 Å². The molecule has 0 amide bonds. The molecule has 2 aromatic heterocycles. The molecule has 4 aromatic rings. The minimum absolute atomic E-state index is 0.863. The maximum absolute atomic E-state index is 5.54. The molecule has 1 aliphatic carbocycles. The van der Waals surface area contributed by atoms with Crippen molar-refractivity contribution in [3.05, 3.63) is 55.1 Å². The molecule has 2 aromatic carbocycles. The number of aromatic nitrogens is 1. The SMILES string of the molecule is c1coc(-c2cc3c4c(cccc4c2)-c2ocnc2-3)c1. The Kier molecular flexibility index (Phi) is 1.70. The summed E-state index contributed by atoms with van der Waals surface area (Å²) in [4.78, 5) is 4.36. The highest BCUT2D eigenvalue weighted by atomic mass is 16.3. The molecule has 0 fully saturated rings. The number of oxazole rings is 1. The van der Waals surface area contributed by atoms with Crippen molar-refractivity contribution in [3.63, 3.8) is 0 Å². The van der Waals surface area contributed by atoms with E-state index in [1.165, 1.54) is 17.2 Å². The normalized spacial score (nSPS) is 12.0. The number of hydrogen-bond donors (Lipinski definition) is 0. The quantitative estimate of drug-likeness (QED) is 0.436. The number of benzene rings is 2. The van der Waals surface area contributed by atoms with Gasteiger partial charge in [0.15, 0.2) is 12.2 Å². The summed E-state index contributed by atoms with van der Waals surface area (Å²) in [6.45, 7) is 0. The van der Waals surface area contributed by atoms with Crippen molar-refractivity contribution in [2.45, 2.75) is 0 Å². The molecule has 0 atom stereocenters. The van der Waals surface area contributed by atoms with E-state index in [0.717, 1.165) is 33.9 Å². The van der Waals surface area contributed by atoms with Crippen LogP contribution in [0.15, 0.2) is 64.0 Å². The zero-order valence-electron chi connectivity index (χ0n) is 10.5. The van der Waals surface area contributed by atoms with E-state index in [1.807, 2.05) is 18.2 Å². The van der Waals surface area contributed by atoms with Crippen LogP contribution in [0, 0.1) is 0 Å². The maximum atomic E-state index is 5.54. The fourth-order valence-corrected chi connectivity index (χ4v) is 3.02. The van der Waals surface area contributed by atoms with Crippen LogP contribution in [0.5, 0.6) is 0 Å². The predicted molar refractivity (Wildman–Crippen MR) is 76.1 cm³/mol. The van der Waals surface area contributed by atoms with Gasteiger partial charge in [0, 0.05) is 22.1 Å². The van der Waals surface area contributed by atoms with Gasteiger partial charge in [-0.2, -0.15) is 0 Å². The summed E-state index contributed by atoms with van der Waals surface area (Å²) in [7, 11) is 0. The minimum Gasteiger partial charge on any atom is -0.464 e. The number of hydrogen-bond acceptors (Lipinski definition) is 3. The Labute approximate surface area is 114 Å². The van der Waals surface area contributed by atoms with E-state index >= 15 is 0 Å². The summed E-state index contributed by atoms with van der Waals surface area (Å²) in [5.74, 6) is 1.73. The number of nitrogens with zero attached hydrogens (tertiary/aromatic N) is 1. The highest BCUT2D eigenvalue weighted by molar-refractivity contribution is 6.14. The van der Waals surface area contributed by atoms with E-state index in [9.17, 15) is 0 Å². The van der Waals surface area contributed by atoms with Crippen molar-refractivity contribution >= 4 is 10.8 Å². The van der Waals surface area contributed by atoms with Crippen molar-refractivity contribution in [3.8, 4) is 33.9 Å². The van der Waals surface area contributed by atoms with E-state index < -0.39 is 0 Å². The third-order valence-corrected chi connectivity index (χ3v) is 3.85. The Balaban J connectivity index is 1.94. The Morgan fingerprint density at radius 1 is 0.900 bits per heavy atom. The summed E-state index contributed by atoms with van der Waals surface area (Å²) in [5.41, 5.74) is 4.22. The van der Waals surface area contributed by atoms with Crippen LogP contribution in [0.25, 0.3) is 44.7 Å². The second-order valence-electron chi connectivity index (χ2n) is 4.93.